The van der Waals surface area contributed by atoms with Crippen LogP contribution in [-0.2, 0) is 6.42 Å². The van der Waals surface area contributed by atoms with E-state index < -0.39 is 0 Å². The molecule has 0 unspecified atom stereocenters. The van der Waals surface area contributed by atoms with Crippen LogP contribution in [-0.4, -0.2) is 21.1 Å². The van der Waals surface area contributed by atoms with E-state index in [1.807, 2.05) is 24.4 Å². The van der Waals surface area contributed by atoms with Crippen LogP contribution in [0.4, 0.5) is 5.13 Å². The van der Waals surface area contributed by atoms with Crippen molar-refractivity contribution in [1.82, 2.24) is 15.2 Å². The van der Waals surface area contributed by atoms with E-state index in [2.05, 4.69) is 26.6 Å². The minimum absolute atomic E-state index is 0.307. The molecule has 0 radical (unpaired) electrons. The molecule has 2 aromatic heterocycles. The highest BCUT2D eigenvalue weighted by molar-refractivity contribution is 7.15. The molecule has 1 amide bonds. The summed E-state index contributed by atoms with van der Waals surface area (Å²) in [6.07, 6.45) is 2.62. The average Bonchev–Trinajstić information content (AvgIpc) is 3.25. The number of hydrogen-bond acceptors (Lipinski definition) is 4. The summed E-state index contributed by atoms with van der Waals surface area (Å²) in [5.74, 6) is -0.307. The highest BCUT2D eigenvalue weighted by Gasteiger charge is 2.13. The number of rotatable bonds is 4. The lowest BCUT2D eigenvalue weighted by Crippen LogP contribution is -2.11. The molecule has 130 valence electrons. The van der Waals surface area contributed by atoms with Crippen molar-refractivity contribution in [2.75, 3.05) is 5.32 Å². The van der Waals surface area contributed by atoms with Crippen molar-refractivity contribution in [3.05, 3.63) is 74.8 Å². The molecule has 2 heterocycles. The number of nitrogens with zero attached hydrogens (tertiary/aromatic N) is 2. The Labute approximate surface area is 163 Å². The van der Waals surface area contributed by atoms with Gasteiger partial charge in [-0.2, -0.15) is 0 Å². The largest absolute Gasteiger partial charge is 0.361 e. The quantitative estimate of drug-likeness (QED) is 0.494. The first kappa shape index (κ1) is 17.0. The molecule has 0 fully saturated rings. The molecule has 0 atom stereocenters. The summed E-state index contributed by atoms with van der Waals surface area (Å²) in [5, 5.41) is 14.1. The number of aromatic amines is 1. The summed E-state index contributed by atoms with van der Waals surface area (Å²) >= 11 is 13.2. The maximum atomic E-state index is 12.3. The van der Waals surface area contributed by atoms with Crippen molar-refractivity contribution in [3.63, 3.8) is 0 Å². The van der Waals surface area contributed by atoms with E-state index in [1.165, 1.54) is 17.4 Å². The number of aromatic nitrogens is 3. The van der Waals surface area contributed by atoms with Crippen LogP contribution in [0.5, 0.6) is 0 Å². The van der Waals surface area contributed by atoms with Gasteiger partial charge in [0.2, 0.25) is 5.13 Å². The molecule has 0 aliphatic heterocycles. The summed E-state index contributed by atoms with van der Waals surface area (Å²) in [6, 6.07) is 12.8. The zero-order valence-corrected chi connectivity index (χ0v) is 15.6. The van der Waals surface area contributed by atoms with E-state index in [-0.39, 0.29) is 5.91 Å². The first-order valence-corrected chi connectivity index (χ1v) is 9.31. The van der Waals surface area contributed by atoms with Gasteiger partial charge in [0, 0.05) is 29.1 Å². The van der Waals surface area contributed by atoms with Crippen LogP contribution in [0.15, 0.2) is 48.7 Å². The third-order valence-electron chi connectivity index (χ3n) is 3.89. The van der Waals surface area contributed by atoms with Gasteiger partial charge in [-0.1, -0.05) is 52.7 Å². The molecule has 0 saturated heterocycles. The summed E-state index contributed by atoms with van der Waals surface area (Å²) in [6.45, 7) is 0. The van der Waals surface area contributed by atoms with E-state index in [0.29, 0.717) is 27.2 Å². The van der Waals surface area contributed by atoms with Crippen LogP contribution in [0.3, 0.4) is 0 Å². The second-order valence-corrected chi connectivity index (χ2v) is 7.50. The normalized spacial score (nSPS) is 11.0. The van der Waals surface area contributed by atoms with E-state index in [4.69, 9.17) is 23.2 Å². The lowest BCUT2D eigenvalue weighted by molar-refractivity contribution is 0.102. The molecule has 0 aliphatic rings. The molecule has 26 heavy (non-hydrogen) atoms. The molecule has 0 saturated carbocycles. The van der Waals surface area contributed by atoms with Crippen molar-refractivity contribution in [2.24, 2.45) is 0 Å². The maximum absolute atomic E-state index is 12.3. The van der Waals surface area contributed by atoms with E-state index >= 15 is 0 Å². The Morgan fingerprint density at radius 1 is 1.12 bits per heavy atom. The molecular formula is C18H12Cl2N4OS. The number of H-pyrrole nitrogens is 1. The minimum Gasteiger partial charge on any atom is -0.361 e. The molecule has 8 heteroatoms. The molecule has 0 aliphatic carbocycles. The van der Waals surface area contributed by atoms with Gasteiger partial charge < -0.3 is 4.98 Å². The van der Waals surface area contributed by atoms with Gasteiger partial charge in [-0.25, -0.2) is 0 Å². The highest BCUT2D eigenvalue weighted by atomic mass is 35.5. The maximum Gasteiger partial charge on any atom is 0.257 e. The van der Waals surface area contributed by atoms with Crippen molar-refractivity contribution in [3.8, 4) is 0 Å². The van der Waals surface area contributed by atoms with Crippen molar-refractivity contribution in [2.45, 2.75) is 6.42 Å². The third-order valence-corrected chi connectivity index (χ3v) is 5.46. The fraction of sp³-hybridized carbons (Fsp3) is 0.0556. The number of para-hydroxylation sites is 1. The van der Waals surface area contributed by atoms with Crippen LogP contribution in [0.25, 0.3) is 10.9 Å². The lowest BCUT2D eigenvalue weighted by atomic mass is 10.1. The van der Waals surface area contributed by atoms with Crippen molar-refractivity contribution < 1.29 is 4.79 Å². The monoisotopic (exact) mass is 402 g/mol. The fourth-order valence-corrected chi connectivity index (χ4v) is 3.68. The number of amides is 1. The van der Waals surface area contributed by atoms with Gasteiger partial charge in [0.15, 0.2) is 0 Å². The zero-order chi connectivity index (χ0) is 18.1. The van der Waals surface area contributed by atoms with E-state index in [0.717, 1.165) is 21.5 Å². The summed E-state index contributed by atoms with van der Waals surface area (Å²) in [7, 11) is 0. The third kappa shape index (κ3) is 3.44. The van der Waals surface area contributed by atoms with E-state index in [1.54, 1.807) is 12.1 Å². The van der Waals surface area contributed by atoms with Crippen molar-refractivity contribution >= 4 is 56.5 Å². The topological polar surface area (TPSA) is 70.7 Å². The average molecular weight is 403 g/mol. The fourth-order valence-electron chi connectivity index (χ4n) is 2.62. The number of carbonyl (C=O) groups excluding carboxylic acids is 1. The predicted octanol–water partition coefficient (Wildman–Crippen LogP) is 5.17. The summed E-state index contributed by atoms with van der Waals surface area (Å²) in [5.41, 5.74) is 2.63. The number of hydrogen-bond donors (Lipinski definition) is 2. The van der Waals surface area contributed by atoms with Gasteiger partial charge in [0.1, 0.15) is 5.01 Å². The minimum atomic E-state index is -0.307. The molecule has 2 N–H and O–H groups in total. The van der Waals surface area contributed by atoms with Gasteiger partial charge >= 0.3 is 0 Å². The first-order chi connectivity index (χ1) is 12.6. The smallest absolute Gasteiger partial charge is 0.257 e. The lowest BCUT2D eigenvalue weighted by Gasteiger charge is -2.02. The first-order valence-electron chi connectivity index (χ1n) is 7.74. The Balaban J connectivity index is 1.49. The molecule has 0 bridgehead atoms. The summed E-state index contributed by atoms with van der Waals surface area (Å²) in [4.78, 5) is 15.5. The van der Waals surface area contributed by atoms with Gasteiger partial charge in [0.05, 0.1) is 10.0 Å². The highest BCUT2D eigenvalue weighted by Crippen LogP contribution is 2.25. The standard InChI is InChI=1S/C18H12Cl2N4OS/c19-13-6-5-10(7-14(13)20)17(25)22-18-24-23-16(26-18)8-11-9-21-15-4-2-1-3-12(11)15/h1-7,9,21H,8H2,(H,22,24,25). The Kier molecular flexibility index (Phi) is 4.63. The number of carbonyl (C=O) groups is 1. The number of benzene rings is 2. The molecule has 4 aromatic rings. The Bertz CT molecular complexity index is 1110. The molecule has 2 aromatic carbocycles. The van der Waals surface area contributed by atoms with Gasteiger partial charge in [-0.3, -0.25) is 10.1 Å². The van der Waals surface area contributed by atoms with Crippen LogP contribution in [0, 0.1) is 0 Å². The number of nitrogens with one attached hydrogen (secondary N) is 2. The van der Waals surface area contributed by atoms with Crippen LogP contribution < -0.4 is 5.32 Å². The predicted molar refractivity (Wildman–Crippen MR) is 105 cm³/mol. The second-order valence-electron chi connectivity index (χ2n) is 5.62. The van der Waals surface area contributed by atoms with Crippen LogP contribution >= 0.6 is 34.5 Å². The zero-order valence-electron chi connectivity index (χ0n) is 13.3. The summed E-state index contributed by atoms with van der Waals surface area (Å²) < 4.78 is 0. The van der Waals surface area contributed by atoms with Crippen molar-refractivity contribution in [1.29, 1.82) is 0 Å². The van der Waals surface area contributed by atoms with Gasteiger partial charge in [-0.15, -0.1) is 10.2 Å². The SMILES string of the molecule is O=C(Nc1nnc(Cc2c[nH]c3ccccc23)s1)c1ccc(Cl)c(Cl)c1. The Morgan fingerprint density at radius 3 is 2.81 bits per heavy atom. The number of fused-ring (bicyclic) bond motifs is 1. The van der Waals surface area contributed by atoms with Crippen LogP contribution in [0.2, 0.25) is 10.0 Å². The second kappa shape index (κ2) is 7.07. The van der Waals surface area contributed by atoms with Crippen LogP contribution in [0.1, 0.15) is 20.9 Å². The Hall–Kier alpha value is -2.41. The van der Waals surface area contributed by atoms with E-state index in [9.17, 15) is 4.79 Å². The van der Waals surface area contributed by atoms with Gasteiger partial charge in [0.25, 0.3) is 5.91 Å². The molecule has 0 spiro atoms. The number of halogens is 2. The molecule has 4 rings (SSSR count). The molecule has 5 nitrogen and oxygen atoms in total. The molecular weight excluding hydrogens is 391 g/mol. The number of anilines is 1. The Morgan fingerprint density at radius 2 is 1.96 bits per heavy atom. The van der Waals surface area contributed by atoms with Gasteiger partial charge in [-0.05, 0) is 29.8 Å².